The van der Waals surface area contributed by atoms with Gasteiger partial charge in [0.15, 0.2) is 0 Å². The molecule has 0 nitrogen and oxygen atoms in total. The Morgan fingerprint density at radius 3 is 2.20 bits per heavy atom. The van der Waals surface area contributed by atoms with E-state index in [4.69, 9.17) is 0 Å². The molecule has 0 aliphatic heterocycles. The van der Waals surface area contributed by atoms with Crippen LogP contribution in [0.3, 0.4) is 0 Å². The minimum Gasteiger partial charge on any atom is -0.0785 e. The first-order chi connectivity index (χ1) is 9.42. The van der Waals surface area contributed by atoms with Gasteiger partial charge in [0.1, 0.15) is 0 Å². The first-order valence-corrected chi connectivity index (χ1v) is 8.21. The normalized spacial score (nSPS) is 13.8. The highest BCUT2D eigenvalue weighted by Gasteiger charge is 2.06. The van der Waals surface area contributed by atoms with Crippen molar-refractivity contribution in [1.29, 1.82) is 0 Å². The molecule has 0 heteroatoms. The first kappa shape index (κ1) is 17.0. The molecular formula is C20H32. The van der Waals surface area contributed by atoms with E-state index in [9.17, 15) is 0 Å². The molecule has 20 heavy (non-hydrogen) atoms. The highest BCUT2D eigenvalue weighted by molar-refractivity contribution is 5.50. The molecule has 0 heterocycles. The van der Waals surface area contributed by atoms with Crippen LogP contribution in [0.2, 0.25) is 0 Å². The maximum absolute atomic E-state index is 2.35. The van der Waals surface area contributed by atoms with Gasteiger partial charge in [-0.1, -0.05) is 96.7 Å². The van der Waals surface area contributed by atoms with Gasteiger partial charge in [0.2, 0.25) is 0 Å². The zero-order chi connectivity index (χ0) is 15.0. The lowest BCUT2D eigenvalue weighted by molar-refractivity contribution is 0.547. The molecule has 0 bridgehead atoms. The van der Waals surface area contributed by atoms with Crippen molar-refractivity contribution in [3.8, 4) is 0 Å². The molecule has 0 aliphatic carbocycles. The number of unbranched alkanes of at least 4 members (excludes halogenated alkanes) is 3. The fourth-order valence-corrected chi connectivity index (χ4v) is 2.33. The summed E-state index contributed by atoms with van der Waals surface area (Å²) >= 11 is 0. The molecule has 1 atom stereocenters. The average Bonchev–Trinajstić information content (AvgIpc) is 2.41. The number of hydrogen-bond acceptors (Lipinski definition) is 0. The lowest BCUT2D eigenvalue weighted by atomic mass is 9.93. The molecule has 0 saturated heterocycles. The van der Waals surface area contributed by atoms with Crippen LogP contribution >= 0.6 is 0 Å². The summed E-state index contributed by atoms with van der Waals surface area (Å²) < 4.78 is 0. The maximum Gasteiger partial charge on any atom is -0.0190 e. The molecular weight excluding hydrogens is 240 g/mol. The summed E-state index contributed by atoms with van der Waals surface area (Å²) in [6.45, 7) is 11.3. The van der Waals surface area contributed by atoms with Gasteiger partial charge in [0.25, 0.3) is 0 Å². The quantitative estimate of drug-likeness (QED) is 0.478. The van der Waals surface area contributed by atoms with E-state index in [1.165, 1.54) is 43.2 Å². The minimum atomic E-state index is 0.255. The molecule has 1 aromatic rings. The average molecular weight is 272 g/mol. The van der Waals surface area contributed by atoms with Gasteiger partial charge in [-0.15, -0.1) is 0 Å². The van der Waals surface area contributed by atoms with Crippen LogP contribution in [-0.4, -0.2) is 0 Å². The Morgan fingerprint density at radius 2 is 1.65 bits per heavy atom. The first-order valence-electron chi connectivity index (χ1n) is 8.21. The Hall–Kier alpha value is -1.04. The SMILES string of the molecule is CCCCCCC(C)c1ccc(/C=C/C(C)(C)C)cc1. The van der Waals surface area contributed by atoms with E-state index in [-0.39, 0.29) is 5.41 Å². The molecule has 112 valence electrons. The second-order valence-electron chi connectivity index (χ2n) is 7.12. The summed E-state index contributed by atoms with van der Waals surface area (Å²) in [6.07, 6.45) is 11.3. The van der Waals surface area contributed by atoms with Gasteiger partial charge in [-0.3, -0.25) is 0 Å². The summed E-state index contributed by atoms with van der Waals surface area (Å²) in [4.78, 5) is 0. The van der Waals surface area contributed by atoms with Crippen molar-refractivity contribution >= 4 is 6.08 Å². The number of allylic oxidation sites excluding steroid dienone is 1. The highest BCUT2D eigenvalue weighted by Crippen LogP contribution is 2.23. The van der Waals surface area contributed by atoms with Crippen LogP contribution in [0, 0.1) is 5.41 Å². The molecule has 0 N–H and O–H groups in total. The predicted molar refractivity (Wildman–Crippen MR) is 92.1 cm³/mol. The minimum absolute atomic E-state index is 0.255. The molecule has 0 spiro atoms. The van der Waals surface area contributed by atoms with Crippen molar-refractivity contribution in [2.75, 3.05) is 0 Å². The van der Waals surface area contributed by atoms with Crippen molar-refractivity contribution in [1.82, 2.24) is 0 Å². The van der Waals surface area contributed by atoms with E-state index >= 15 is 0 Å². The van der Waals surface area contributed by atoms with Crippen LogP contribution in [0.4, 0.5) is 0 Å². The maximum atomic E-state index is 2.35. The van der Waals surface area contributed by atoms with E-state index < -0.39 is 0 Å². The van der Waals surface area contributed by atoms with E-state index in [0.29, 0.717) is 5.92 Å². The smallest absolute Gasteiger partial charge is 0.0190 e. The van der Waals surface area contributed by atoms with Crippen LogP contribution < -0.4 is 0 Å². The summed E-state index contributed by atoms with van der Waals surface area (Å²) in [5.41, 5.74) is 3.04. The third kappa shape index (κ3) is 6.93. The van der Waals surface area contributed by atoms with E-state index in [1.54, 1.807) is 0 Å². The van der Waals surface area contributed by atoms with Crippen LogP contribution in [0.5, 0.6) is 0 Å². The summed E-state index contributed by atoms with van der Waals surface area (Å²) in [7, 11) is 0. The lowest BCUT2D eigenvalue weighted by Gasteiger charge is -2.13. The summed E-state index contributed by atoms with van der Waals surface area (Å²) in [5.74, 6) is 0.688. The molecule has 0 aliphatic rings. The summed E-state index contributed by atoms with van der Waals surface area (Å²) in [6, 6.07) is 9.10. The predicted octanol–water partition coefficient (Wildman–Crippen LogP) is 6.82. The molecule has 1 aromatic carbocycles. The zero-order valence-electron chi connectivity index (χ0n) is 14.1. The number of benzene rings is 1. The van der Waals surface area contributed by atoms with Crippen molar-refractivity contribution in [2.45, 2.75) is 72.6 Å². The standard InChI is InChI=1S/C20H32/c1-6-7-8-9-10-17(2)19-13-11-18(12-14-19)15-16-20(3,4)5/h11-17H,6-10H2,1-5H3/b16-15+. The van der Waals surface area contributed by atoms with Crippen molar-refractivity contribution in [3.05, 3.63) is 41.5 Å². The fraction of sp³-hybridized carbons (Fsp3) is 0.600. The van der Waals surface area contributed by atoms with Gasteiger partial charge in [-0.2, -0.15) is 0 Å². The van der Waals surface area contributed by atoms with Crippen LogP contribution in [0.1, 0.15) is 83.8 Å². The van der Waals surface area contributed by atoms with E-state index in [0.717, 1.165) is 0 Å². The molecule has 0 aromatic heterocycles. The fourth-order valence-electron chi connectivity index (χ4n) is 2.33. The summed E-state index contributed by atoms with van der Waals surface area (Å²) in [5, 5.41) is 0. The van der Waals surface area contributed by atoms with Crippen molar-refractivity contribution < 1.29 is 0 Å². The van der Waals surface area contributed by atoms with E-state index in [2.05, 4.69) is 71.0 Å². The second kappa shape index (κ2) is 8.29. The monoisotopic (exact) mass is 272 g/mol. The van der Waals surface area contributed by atoms with Gasteiger partial charge in [-0.05, 0) is 28.9 Å². The van der Waals surface area contributed by atoms with Gasteiger partial charge < -0.3 is 0 Å². The van der Waals surface area contributed by atoms with Gasteiger partial charge in [-0.25, -0.2) is 0 Å². The van der Waals surface area contributed by atoms with Crippen molar-refractivity contribution in [2.24, 2.45) is 5.41 Å². The Labute approximate surface area is 126 Å². The second-order valence-corrected chi connectivity index (χ2v) is 7.12. The van der Waals surface area contributed by atoms with E-state index in [1.807, 2.05) is 0 Å². The molecule has 0 radical (unpaired) electrons. The lowest BCUT2D eigenvalue weighted by Crippen LogP contribution is -1.98. The molecule has 0 fully saturated rings. The molecule has 0 amide bonds. The van der Waals surface area contributed by atoms with Crippen LogP contribution in [0.15, 0.2) is 30.3 Å². The number of hydrogen-bond donors (Lipinski definition) is 0. The third-order valence-corrected chi connectivity index (χ3v) is 3.77. The Kier molecular flexibility index (Phi) is 7.05. The largest absolute Gasteiger partial charge is 0.0785 e. The Balaban J connectivity index is 2.51. The third-order valence-electron chi connectivity index (χ3n) is 3.77. The number of rotatable bonds is 7. The van der Waals surface area contributed by atoms with Crippen LogP contribution in [0.25, 0.3) is 6.08 Å². The van der Waals surface area contributed by atoms with Crippen LogP contribution in [-0.2, 0) is 0 Å². The van der Waals surface area contributed by atoms with Gasteiger partial charge in [0.05, 0.1) is 0 Å². The Bertz CT molecular complexity index is 389. The van der Waals surface area contributed by atoms with Crippen molar-refractivity contribution in [3.63, 3.8) is 0 Å². The zero-order valence-corrected chi connectivity index (χ0v) is 14.1. The topological polar surface area (TPSA) is 0 Å². The molecule has 1 rings (SSSR count). The highest BCUT2D eigenvalue weighted by atomic mass is 14.1. The Morgan fingerprint density at radius 1 is 1.00 bits per heavy atom. The molecule has 0 saturated carbocycles. The van der Waals surface area contributed by atoms with Gasteiger partial charge >= 0.3 is 0 Å². The van der Waals surface area contributed by atoms with Gasteiger partial charge in [0, 0.05) is 0 Å². The molecule has 1 unspecified atom stereocenters.